The number of para-hydroxylation sites is 1. The van der Waals surface area contributed by atoms with Crippen LogP contribution in [0.15, 0.2) is 116 Å². The second-order valence-corrected chi connectivity index (χ2v) is 12.5. The normalized spacial score (nSPS) is 12.4. The zero-order chi connectivity index (χ0) is 31.4. The lowest BCUT2D eigenvalue weighted by Crippen LogP contribution is -2.15. The van der Waals surface area contributed by atoms with Gasteiger partial charge in [0.25, 0.3) is 25.8 Å². The van der Waals surface area contributed by atoms with Gasteiger partial charge in [0, 0.05) is 22.0 Å². The third kappa shape index (κ3) is 4.85. The summed E-state index contributed by atoms with van der Waals surface area (Å²) >= 11 is 0. The third-order valence-corrected chi connectivity index (χ3v) is 8.96. The van der Waals surface area contributed by atoms with Gasteiger partial charge in [-0.25, -0.2) is 4.68 Å². The van der Waals surface area contributed by atoms with E-state index in [9.17, 15) is 35.8 Å². The van der Waals surface area contributed by atoms with Gasteiger partial charge in [-0.15, -0.1) is 10.2 Å². The van der Waals surface area contributed by atoms with Gasteiger partial charge in [-0.2, -0.15) is 16.8 Å². The van der Waals surface area contributed by atoms with Crippen LogP contribution >= 0.6 is 0 Å². The summed E-state index contributed by atoms with van der Waals surface area (Å²) in [7, 11) is -9.96. The first kappa shape index (κ1) is 28.9. The molecule has 0 unspecified atom stereocenters. The molecule has 1 aromatic heterocycles. The number of aromatic hydroxyl groups is 1. The van der Waals surface area contributed by atoms with Gasteiger partial charge >= 0.3 is 0 Å². The number of nitrogens with zero attached hydrogens (tertiary/aromatic N) is 3. The van der Waals surface area contributed by atoms with Crippen molar-refractivity contribution in [1.29, 1.82) is 0 Å². The Hall–Kier alpha value is -5.15. The van der Waals surface area contributed by atoms with E-state index in [0.29, 0.717) is 16.8 Å². The molecule has 0 amide bonds. The van der Waals surface area contributed by atoms with Crippen molar-refractivity contribution in [2.24, 2.45) is 10.2 Å². The van der Waals surface area contributed by atoms with E-state index < -0.39 is 47.0 Å². The molecule has 1 heterocycles. The molecule has 5 aromatic carbocycles. The zero-order valence-electron chi connectivity index (χ0n) is 22.7. The molecule has 0 spiro atoms. The molecule has 6 aromatic rings. The van der Waals surface area contributed by atoms with Crippen LogP contribution in [0.2, 0.25) is 0 Å². The predicted octanol–water partition coefficient (Wildman–Crippen LogP) is 6.06. The first-order valence-electron chi connectivity index (χ1n) is 12.9. The number of rotatable bonds is 6. The van der Waals surface area contributed by atoms with E-state index in [4.69, 9.17) is 0 Å². The number of benzene rings is 5. The molecule has 44 heavy (non-hydrogen) atoms. The Bertz CT molecular complexity index is 2430. The first-order valence-corrected chi connectivity index (χ1v) is 15.8. The summed E-state index contributed by atoms with van der Waals surface area (Å²) in [6.45, 7) is 1.59. The van der Waals surface area contributed by atoms with Crippen molar-refractivity contribution in [2.45, 2.75) is 16.7 Å². The predicted molar refractivity (Wildman–Crippen MR) is 163 cm³/mol. The van der Waals surface area contributed by atoms with E-state index in [0.717, 1.165) is 0 Å². The smallest absolute Gasteiger partial charge is 0.297 e. The van der Waals surface area contributed by atoms with Crippen molar-refractivity contribution in [1.82, 2.24) is 9.78 Å². The maximum absolute atomic E-state index is 13.7. The molecule has 0 aliphatic rings. The van der Waals surface area contributed by atoms with Crippen molar-refractivity contribution in [3.05, 3.63) is 107 Å². The van der Waals surface area contributed by atoms with Crippen LogP contribution < -0.4 is 5.56 Å². The molecular weight excluding hydrogens is 608 g/mol. The Balaban J connectivity index is 1.69. The van der Waals surface area contributed by atoms with E-state index in [1.807, 2.05) is 0 Å². The summed E-state index contributed by atoms with van der Waals surface area (Å²) in [5.74, 6) is -0.811. The number of nitrogens with one attached hydrogen (secondary N) is 1. The van der Waals surface area contributed by atoms with E-state index in [1.54, 1.807) is 61.5 Å². The monoisotopic (exact) mass is 630 g/mol. The van der Waals surface area contributed by atoms with Gasteiger partial charge in [-0.05, 0) is 35.9 Å². The largest absolute Gasteiger partial charge is 0.505 e. The van der Waals surface area contributed by atoms with Crippen molar-refractivity contribution in [3.63, 3.8) is 0 Å². The van der Waals surface area contributed by atoms with E-state index >= 15 is 0 Å². The van der Waals surface area contributed by atoms with Crippen LogP contribution in [0, 0.1) is 6.92 Å². The van der Waals surface area contributed by atoms with Crippen molar-refractivity contribution in [2.75, 3.05) is 0 Å². The lowest BCUT2D eigenvalue weighted by molar-refractivity contribution is 0.470. The molecule has 0 aliphatic heterocycles. The Morgan fingerprint density at radius 1 is 0.682 bits per heavy atom. The molecule has 0 aliphatic carbocycles. The Kier molecular flexibility index (Phi) is 6.93. The summed E-state index contributed by atoms with van der Waals surface area (Å²) < 4.78 is 71.9. The zero-order valence-corrected chi connectivity index (χ0v) is 24.3. The highest BCUT2D eigenvalue weighted by Crippen LogP contribution is 2.48. The summed E-state index contributed by atoms with van der Waals surface area (Å²) in [4.78, 5) is 12.3. The molecular formula is C30H22N4O8S2. The molecule has 0 atom stereocenters. The number of hydrogen-bond acceptors (Lipinski definition) is 8. The molecule has 14 heteroatoms. The number of hydrogen-bond donors (Lipinski definition) is 4. The third-order valence-electron chi connectivity index (χ3n) is 7.09. The molecule has 0 saturated heterocycles. The van der Waals surface area contributed by atoms with E-state index in [2.05, 4.69) is 15.3 Å². The second-order valence-electron chi connectivity index (χ2n) is 9.82. The van der Waals surface area contributed by atoms with Gasteiger partial charge in [0.15, 0.2) is 5.75 Å². The highest BCUT2D eigenvalue weighted by molar-refractivity contribution is 7.86. The number of aromatic nitrogens is 2. The standard InChI is InChI=1S/C30H22N4O8S2/c1-17-24(30(36)34(33-17)19-10-3-2-4-11-19)25-21-13-7-8-14-22(21)29(44(40,41)42)26(27(25)35)32-31-23-16-15-18-9-5-6-12-20(18)28(23)43(37,38)39/h2-16,33,35H,1H3,(H,37,38,39)(H,40,41,42). The van der Waals surface area contributed by atoms with Gasteiger partial charge in [0.05, 0.1) is 11.3 Å². The van der Waals surface area contributed by atoms with Crippen LogP contribution in [0.1, 0.15) is 5.69 Å². The molecule has 222 valence electrons. The minimum atomic E-state index is -5.09. The summed E-state index contributed by atoms with van der Waals surface area (Å²) in [6.07, 6.45) is 0. The van der Waals surface area contributed by atoms with Crippen molar-refractivity contribution in [3.8, 4) is 22.6 Å². The maximum atomic E-state index is 13.7. The highest BCUT2D eigenvalue weighted by atomic mass is 32.2. The lowest BCUT2D eigenvalue weighted by Gasteiger charge is -2.15. The number of aryl methyl sites for hydroxylation is 1. The van der Waals surface area contributed by atoms with Gasteiger partial charge < -0.3 is 5.11 Å². The van der Waals surface area contributed by atoms with E-state index in [-0.39, 0.29) is 33.0 Å². The topological polar surface area (TPSA) is 191 Å². The average Bonchev–Trinajstić information content (AvgIpc) is 3.27. The van der Waals surface area contributed by atoms with Crippen LogP contribution in [-0.2, 0) is 20.2 Å². The first-order chi connectivity index (χ1) is 20.9. The fourth-order valence-corrected chi connectivity index (χ4v) is 6.95. The van der Waals surface area contributed by atoms with Crippen LogP contribution in [0.25, 0.3) is 38.4 Å². The van der Waals surface area contributed by atoms with Gasteiger partial charge in [-0.1, -0.05) is 72.8 Å². The average molecular weight is 631 g/mol. The Labute approximate surface area is 250 Å². The number of phenols is 1. The number of fused-ring (bicyclic) bond motifs is 2. The van der Waals surface area contributed by atoms with Crippen molar-refractivity contribution >= 4 is 53.2 Å². The van der Waals surface area contributed by atoms with Gasteiger partial charge in [0.1, 0.15) is 21.2 Å². The molecule has 0 bridgehead atoms. The molecule has 4 N–H and O–H groups in total. The SMILES string of the molecule is Cc1[nH]n(-c2ccccc2)c(=O)c1-c1c(O)c(N=Nc2ccc3ccccc3c2S(=O)(=O)O)c(S(=O)(=O)O)c2ccccc12. The maximum Gasteiger partial charge on any atom is 0.297 e. The minimum absolute atomic E-state index is 0.00905. The Morgan fingerprint density at radius 3 is 1.93 bits per heavy atom. The molecule has 6 rings (SSSR count). The lowest BCUT2D eigenvalue weighted by atomic mass is 9.96. The molecule has 12 nitrogen and oxygen atoms in total. The number of azo groups is 1. The number of phenolic OH excluding ortho intramolecular Hbond substituents is 1. The number of aromatic amines is 1. The Morgan fingerprint density at radius 2 is 1.27 bits per heavy atom. The second kappa shape index (κ2) is 10.5. The fraction of sp³-hybridized carbons (Fsp3) is 0.0333. The summed E-state index contributed by atoms with van der Waals surface area (Å²) in [6, 6.07) is 23.5. The minimum Gasteiger partial charge on any atom is -0.505 e. The highest BCUT2D eigenvalue weighted by Gasteiger charge is 2.30. The summed E-state index contributed by atoms with van der Waals surface area (Å²) in [5, 5.41) is 23.1. The fourth-order valence-electron chi connectivity index (χ4n) is 5.27. The van der Waals surface area contributed by atoms with Gasteiger partial charge in [-0.3, -0.25) is 19.0 Å². The van der Waals surface area contributed by atoms with Crippen LogP contribution in [0.4, 0.5) is 11.4 Å². The summed E-state index contributed by atoms with van der Waals surface area (Å²) in [5.41, 5.74) is -0.967. The molecule has 0 radical (unpaired) electrons. The van der Waals surface area contributed by atoms with Crippen molar-refractivity contribution < 1.29 is 31.0 Å². The molecule has 0 fully saturated rings. The quantitative estimate of drug-likeness (QED) is 0.126. The van der Waals surface area contributed by atoms with E-state index in [1.165, 1.54) is 41.1 Å². The van der Waals surface area contributed by atoms with Crippen LogP contribution in [-0.4, -0.2) is 40.8 Å². The van der Waals surface area contributed by atoms with Crippen LogP contribution in [0.3, 0.4) is 0 Å². The van der Waals surface area contributed by atoms with Gasteiger partial charge in [0.2, 0.25) is 0 Å². The number of H-pyrrole nitrogens is 1. The molecule has 0 saturated carbocycles. The van der Waals surface area contributed by atoms with Crippen LogP contribution in [0.5, 0.6) is 5.75 Å².